The van der Waals surface area contributed by atoms with Gasteiger partial charge in [0.15, 0.2) is 0 Å². The Morgan fingerprint density at radius 3 is 2.52 bits per heavy atom. The molecule has 0 aliphatic rings. The molecule has 2 aromatic heterocycles. The van der Waals surface area contributed by atoms with Crippen LogP contribution in [0, 0.1) is 16.0 Å². The Kier molecular flexibility index (Phi) is 6.93. The zero-order valence-corrected chi connectivity index (χ0v) is 17.4. The third-order valence-corrected chi connectivity index (χ3v) is 4.68. The van der Waals surface area contributed by atoms with Crippen molar-refractivity contribution in [2.45, 2.75) is 19.9 Å². The lowest BCUT2D eigenvalue weighted by molar-refractivity contribution is -0.384. The molecule has 3 rings (SSSR count). The number of aliphatic hydroxyl groups is 1. The molecular weight excluding hydrogens is 400 g/mol. The summed E-state index contributed by atoms with van der Waals surface area (Å²) in [5.41, 5.74) is 1.52. The van der Waals surface area contributed by atoms with Gasteiger partial charge in [-0.15, -0.1) is 0 Å². The monoisotopic (exact) mass is 424 g/mol. The topological polar surface area (TPSA) is 135 Å². The average Bonchev–Trinajstić information content (AvgIpc) is 2.77. The number of nitro groups is 1. The number of nitrogens with one attached hydrogen (secondary N) is 2. The molecule has 10 heteroatoms. The van der Waals surface area contributed by atoms with Crippen molar-refractivity contribution in [3.63, 3.8) is 0 Å². The number of rotatable bonds is 9. The number of methoxy groups -OCH3 is 1. The fourth-order valence-electron chi connectivity index (χ4n) is 2.87. The molecule has 3 N–H and O–H groups in total. The summed E-state index contributed by atoms with van der Waals surface area (Å²) in [4.78, 5) is 24.1. The third-order valence-electron chi connectivity index (χ3n) is 4.68. The van der Waals surface area contributed by atoms with Gasteiger partial charge >= 0.3 is 0 Å². The second kappa shape index (κ2) is 9.81. The van der Waals surface area contributed by atoms with Gasteiger partial charge in [0.25, 0.3) is 5.69 Å². The predicted octanol–water partition coefficient (Wildman–Crippen LogP) is 3.63. The minimum Gasteiger partial charge on any atom is -0.496 e. The van der Waals surface area contributed by atoms with Crippen molar-refractivity contribution in [3.05, 3.63) is 58.9 Å². The van der Waals surface area contributed by atoms with E-state index in [0.717, 1.165) is 5.56 Å². The Morgan fingerprint density at radius 1 is 1.16 bits per heavy atom. The number of ether oxygens (including phenoxy) is 1. The van der Waals surface area contributed by atoms with E-state index in [4.69, 9.17) is 4.74 Å². The van der Waals surface area contributed by atoms with Gasteiger partial charge in [-0.1, -0.05) is 13.8 Å². The van der Waals surface area contributed by atoms with Crippen LogP contribution >= 0.6 is 0 Å². The summed E-state index contributed by atoms with van der Waals surface area (Å²) >= 11 is 0. The zero-order valence-electron chi connectivity index (χ0n) is 17.4. The number of benzene rings is 1. The maximum absolute atomic E-state index is 11.5. The summed E-state index contributed by atoms with van der Waals surface area (Å²) < 4.78 is 5.09. The summed E-state index contributed by atoms with van der Waals surface area (Å²) in [6.45, 7) is 3.86. The Hall–Kier alpha value is -3.79. The van der Waals surface area contributed by atoms with Crippen molar-refractivity contribution in [3.8, 4) is 17.0 Å². The molecule has 0 unspecified atom stereocenters. The fourth-order valence-corrected chi connectivity index (χ4v) is 2.87. The molecule has 0 spiro atoms. The van der Waals surface area contributed by atoms with Crippen molar-refractivity contribution in [1.29, 1.82) is 0 Å². The summed E-state index contributed by atoms with van der Waals surface area (Å²) in [6, 6.07) is 9.57. The van der Waals surface area contributed by atoms with Gasteiger partial charge in [0.2, 0.25) is 5.95 Å². The lowest BCUT2D eigenvalue weighted by Crippen LogP contribution is -2.30. The molecule has 0 aliphatic carbocycles. The first-order valence-corrected chi connectivity index (χ1v) is 9.67. The minimum atomic E-state index is -0.491. The second-order valence-corrected chi connectivity index (χ2v) is 7.14. The van der Waals surface area contributed by atoms with Crippen LogP contribution in [0.2, 0.25) is 0 Å². The summed E-state index contributed by atoms with van der Waals surface area (Å²) in [5, 5.41) is 27.3. The molecule has 162 valence electrons. The van der Waals surface area contributed by atoms with E-state index in [-0.39, 0.29) is 29.9 Å². The Balaban J connectivity index is 2.03. The molecule has 10 nitrogen and oxygen atoms in total. The van der Waals surface area contributed by atoms with Gasteiger partial charge in [-0.2, -0.15) is 4.98 Å². The maximum Gasteiger partial charge on any atom is 0.296 e. The second-order valence-electron chi connectivity index (χ2n) is 7.14. The standard InChI is InChI=1S/C21H24N6O4/c1-13(2)18(12-28)25-21-24-17(14-6-8-22-9-7-14)11-20(26-21)23-16-5-4-15(31-3)10-19(16)27(29)30/h4-11,13,18,28H,12H2,1-3H3,(H2,23,24,25,26)/t18-/m0/s1. The van der Waals surface area contributed by atoms with Crippen molar-refractivity contribution >= 4 is 23.1 Å². The van der Waals surface area contributed by atoms with E-state index in [9.17, 15) is 15.2 Å². The van der Waals surface area contributed by atoms with E-state index >= 15 is 0 Å². The zero-order chi connectivity index (χ0) is 22.4. The van der Waals surface area contributed by atoms with Crippen LogP contribution in [-0.2, 0) is 0 Å². The Morgan fingerprint density at radius 2 is 1.90 bits per heavy atom. The number of nitrogens with zero attached hydrogens (tertiary/aromatic N) is 4. The molecule has 1 atom stereocenters. The first-order chi connectivity index (χ1) is 14.9. The molecule has 31 heavy (non-hydrogen) atoms. The van der Waals surface area contributed by atoms with Gasteiger partial charge in [0.05, 0.1) is 36.4 Å². The van der Waals surface area contributed by atoms with Crippen molar-refractivity contribution in [1.82, 2.24) is 15.0 Å². The van der Waals surface area contributed by atoms with Crippen LogP contribution in [0.5, 0.6) is 5.75 Å². The normalized spacial score (nSPS) is 11.8. The van der Waals surface area contributed by atoms with Crippen LogP contribution in [0.1, 0.15) is 13.8 Å². The third kappa shape index (κ3) is 5.43. The van der Waals surface area contributed by atoms with Crippen LogP contribution in [0.15, 0.2) is 48.8 Å². The smallest absolute Gasteiger partial charge is 0.296 e. The highest BCUT2D eigenvalue weighted by atomic mass is 16.6. The summed E-state index contributed by atoms with van der Waals surface area (Å²) in [5.74, 6) is 1.17. The number of nitro benzene ring substituents is 1. The number of hydrogen-bond donors (Lipinski definition) is 3. The van der Waals surface area contributed by atoms with Gasteiger partial charge in [-0.25, -0.2) is 4.98 Å². The number of anilines is 3. The predicted molar refractivity (Wildman–Crippen MR) is 118 cm³/mol. The van der Waals surface area contributed by atoms with Gasteiger partial charge in [-0.05, 0) is 30.2 Å². The van der Waals surface area contributed by atoms with Gasteiger partial charge in [0.1, 0.15) is 17.3 Å². The first-order valence-electron chi connectivity index (χ1n) is 9.67. The van der Waals surface area contributed by atoms with Crippen LogP contribution in [0.25, 0.3) is 11.3 Å². The Bertz CT molecular complexity index is 1050. The molecule has 1 aromatic carbocycles. The van der Waals surface area contributed by atoms with E-state index in [1.165, 1.54) is 13.2 Å². The SMILES string of the molecule is COc1ccc(Nc2cc(-c3ccncc3)nc(N[C@@H](CO)C(C)C)n2)c([N+](=O)[O-])c1. The molecule has 0 fully saturated rings. The van der Waals surface area contributed by atoms with E-state index in [0.29, 0.717) is 23.2 Å². The number of aliphatic hydroxyl groups excluding tert-OH is 1. The lowest BCUT2D eigenvalue weighted by Gasteiger charge is -2.20. The van der Waals surface area contributed by atoms with Crippen molar-refractivity contribution in [2.24, 2.45) is 5.92 Å². The highest BCUT2D eigenvalue weighted by Crippen LogP contribution is 2.32. The summed E-state index contributed by atoms with van der Waals surface area (Å²) in [6.07, 6.45) is 3.30. The Labute approximate surface area is 179 Å². The van der Waals surface area contributed by atoms with E-state index < -0.39 is 4.92 Å². The lowest BCUT2D eigenvalue weighted by atomic mass is 10.1. The number of hydrogen-bond acceptors (Lipinski definition) is 9. The van der Waals surface area contributed by atoms with E-state index in [2.05, 4.69) is 25.6 Å². The van der Waals surface area contributed by atoms with E-state index in [1.54, 1.807) is 42.7 Å². The molecule has 2 heterocycles. The average molecular weight is 424 g/mol. The molecule has 0 bridgehead atoms. The molecule has 0 saturated carbocycles. The largest absolute Gasteiger partial charge is 0.496 e. The molecule has 0 radical (unpaired) electrons. The number of aromatic nitrogens is 3. The molecule has 0 aliphatic heterocycles. The quantitative estimate of drug-likeness (QED) is 0.347. The van der Waals surface area contributed by atoms with Crippen molar-refractivity contribution in [2.75, 3.05) is 24.4 Å². The maximum atomic E-state index is 11.5. The van der Waals surface area contributed by atoms with Crippen LogP contribution < -0.4 is 15.4 Å². The van der Waals surface area contributed by atoms with Crippen LogP contribution in [0.4, 0.5) is 23.1 Å². The molecule has 3 aromatic rings. The molecule has 0 saturated heterocycles. The molecule has 0 amide bonds. The fraction of sp³-hybridized carbons (Fsp3) is 0.286. The molecular formula is C21H24N6O4. The van der Waals surface area contributed by atoms with Gasteiger partial charge < -0.3 is 20.5 Å². The van der Waals surface area contributed by atoms with E-state index in [1.807, 2.05) is 13.8 Å². The minimum absolute atomic E-state index is 0.0901. The first kappa shape index (κ1) is 21.9. The van der Waals surface area contributed by atoms with Crippen LogP contribution in [-0.4, -0.2) is 44.7 Å². The number of pyridine rings is 1. The van der Waals surface area contributed by atoms with Crippen LogP contribution in [0.3, 0.4) is 0 Å². The highest BCUT2D eigenvalue weighted by molar-refractivity contribution is 5.72. The summed E-state index contributed by atoms with van der Waals surface area (Å²) in [7, 11) is 1.45. The van der Waals surface area contributed by atoms with Crippen molar-refractivity contribution < 1.29 is 14.8 Å². The van der Waals surface area contributed by atoms with Gasteiger partial charge in [0, 0.05) is 24.0 Å². The van der Waals surface area contributed by atoms with Gasteiger partial charge in [-0.3, -0.25) is 15.1 Å². The highest BCUT2D eigenvalue weighted by Gasteiger charge is 2.18.